The van der Waals surface area contributed by atoms with E-state index in [1.165, 1.54) is 0 Å². The molecule has 1 aromatic carbocycles. The highest BCUT2D eigenvalue weighted by Gasteiger charge is 2.25. The summed E-state index contributed by atoms with van der Waals surface area (Å²) in [5.74, 6) is 0.177. The van der Waals surface area contributed by atoms with Crippen LogP contribution in [0.5, 0.6) is 0 Å². The van der Waals surface area contributed by atoms with Crippen molar-refractivity contribution >= 4 is 23.2 Å². The van der Waals surface area contributed by atoms with Gasteiger partial charge in [-0.25, -0.2) is 0 Å². The van der Waals surface area contributed by atoms with Gasteiger partial charge in [-0.15, -0.1) is 0 Å². The van der Waals surface area contributed by atoms with Crippen molar-refractivity contribution in [1.82, 2.24) is 4.90 Å². The smallest absolute Gasteiger partial charge is 0.256 e. The van der Waals surface area contributed by atoms with E-state index in [0.717, 1.165) is 31.6 Å². The zero-order valence-corrected chi connectivity index (χ0v) is 12.5. The minimum atomic E-state index is -0.0124. The van der Waals surface area contributed by atoms with Crippen LogP contribution in [0.1, 0.15) is 30.1 Å². The topological polar surface area (TPSA) is 52.6 Å². The van der Waals surface area contributed by atoms with Gasteiger partial charge in [0, 0.05) is 37.0 Å². The van der Waals surface area contributed by atoms with Crippen molar-refractivity contribution in [2.24, 2.45) is 5.92 Å². The van der Waals surface area contributed by atoms with Crippen molar-refractivity contribution in [3.05, 3.63) is 28.8 Å². The number of likely N-dealkylation sites (tertiary alicyclic amines) is 1. The number of halogens is 1. The van der Waals surface area contributed by atoms with Crippen LogP contribution in [0.25, 0.3) is 0 Å². The number of aliphatic hydroxyl groups is 1. The van der Waals surface area contributed by atoms with Crippen LogP contribution < -0.4 is 5.32 Å². The highest BCUT2D eigenvalue weighted by Crippen LogP contribution is 2.25. The number of nitrogens with one attached hydrogen (secondary N) is 1. The Morgan fingerprint density at radius 3 is 3.05 bits per heavy atom. The predicted octanol–water partition coefficient (Wildman–Crippen LogP) is 2.62. The van der Waals surface area contributed by atoms with Crippen molar-refractivity contribution in [3.63, 3.8) is 0 Å². The number of piperidine rings is 1. The second kappa shape index (κ2) is 6.95. The maximum Gasteiger partial charge on any atom is 0.256 e. The van der Waals surface area contributed by atoms with Gasteiger partial charge in [0.05, 0.1) is 5.56 Å². The number of nitrogens with zero attached hydrogens (tertiary/aromatic N) is 1. The molecule has 1 saturated heterocycles. The van der Waals surface area contributed by atoms with Crippen LogP contribution in [0.3, 0.4) is 0 Å². The Labute approximate surface area is 124 Å². The summed E-state index contributed by atoms with van der Waals surface area (Å²) in [5, 5.41) is 13.0. The number of rotatable bonds is 4. The van der Waals surface area contributed by atoms with Gasteiger partial charge in [-0.3, -0.25) is 4.79 Å². The third-order valence-corrected chi connectivity index (χ3v) is 3.88. The Bertz CT molecular complexity index is 479. The molecule has 0 saturated carbocycles. The van der Waals surface area contributed by atoms with E-state index in [9.17, 15) is 9.90 Å². The molecule has 0 aliphatic carbocycles. The Kier molecular flexibility index (Phi) is 5.26. The van der Waals surface area contributed by atoms with Crippen LogP contribution in [-0.4, -0.2) is 42.2 Å². The van der Waals surface area contributed by atoms with E-state index >= 15 is 0 Å². The van der Waals surface area contributed by atoms with E-state index in [1.54, 1.807) is 12.1 Å². The summed E-state index contributed by atoms with van der Waals surface area (Å²) >= 11 is 6.02. The number of amides is 1. The fourth-order valence-electron chi connectivity index (χ4n) is 2.61. The van der Waals surface area contributed by atoms with Crippen molar-refractivity contribution in [2.45, 2.75) is 19.8 Å². The summed E-state index contributed by atoms with van der Waals surface area (Å²) in [6.45, 7) is 4.24. The molecule has 2 N–H and O–H groups in total. The standard InChI is InChI=1S/C15H21ClN2O2/c1-2-17-14-6-5-12(16)8-13(14)15(20)18-7-3-4-11(9-18)10-19/h5-6,8,11,17,19H,2-4,7,9-10H2,1H3. The van der Waals surface area contributed by atoms with Crippen LogP contribution in [0, 0.1) is 5.92 Å². The molecule has 1 amide bonds. The molecule has 4 nitrogen and oxygen atoms in total. The van der Waals surface area contributed by atoms with E-state index in [2.05, 4.69) is 5.32 Å². The zero-order valence-electron chi connectivity index (χ0n) is 11.7. The van der Waals surface area contributed by atoms with Gasteiger partial charge in [0.25, 0.3) is 5.91 Å². The largest absolute Gasteiger partial charge is 0.396 e. The van der Waals surface area contributed by atoms with E-state index in [4.69, 9.17) is 11.6 Å². The molecule has 2 rings (SSSR count). The summed E-state index contributed by atoms with van der Waals surface area (Å²) in [6.07, 6.45) is 1.92. The Morgan fingerprint density at radius 1 is 1.55 bits per heavy atom. The molecule has 0 bridgehead atoms. The number of aliphatic hydroxyl groups excluding tert-OH is 1. The first-order chi connectivity index (χ1) is 9.65. The maximum absolute atomic E-state index is 12.7. The van der Waals surface area contributed by atoms with Crippen LogP contribution in [0.2, 0.25) is 5.02 Å². The zero-order chi connectivity index (χ0) is 14.5. The van der Waals surface area contributed by atoms with Gasteiger partial charge < -0.3 is 15.3 Å². The predicted molar refractivity (Wildman–Crippen MR) is 81.3 cm³/mol. The summed E-state index contributed by atoms with van der Waals surface area (Å²) in [4.78, 5) is 14.5. The molecular formula is C15H21ClN2O2. The number of anilines is 1. The minimum Gasteiger partial charge on any atom is -0.396 e. The molecule has 1 unspecified atom stereocenters. The first kappa shape index (κ1) is 15.1. The van der Waals surface area contributed by atoms with Gasteiger partial charge in [0.1, 0.15) is 0 Å². The molecule has 20 heavy (non-hydrogen) atoms. The molecule has 0 spiro atoms. The molecular weight excluding hydrogens is 276 g/mol. The summed E-state index contributed by atoms with van der Waals surface area (Å²) in [7, 11) is 0. The Morgan fingerprint density at radius 2 is 2.35 bits per heavy atom. The number of carbonyl (C=O) groups excluding carboxylic acids is 1. The van der Waals surface area contributed by atoms with Gasteiger partial charge in [0.2, 0.25) is 0 Å². The molecule has 1 aliphatic heterocycles. The molecule has 1 fully saturated rings. The molecule has 1 aromatic rings. The second-order valence-corrected chi connectivity index (χ2v) is 5.60. The summed E-state index contributed by atoms with van der Waals surface area (Å²) in [6, 6.07) is 5.33. The SMILES string of the molecule is CCNc1ccc(Cl)cc1C(=O)N1CCCC(CO)C1. The van der Waals surface area contributed by atoms with E-state index in [0.29, 0.717) is 17.1 Å². The minimum absolute atomic E-state index is 0.0124. The molecule has 0 aromatic heterocycles. The number of carbonyl (C=O) groups is 1. The van der Waals surface area contributed by atoms with Crippen molar-refractivity contribution in [3.8, 4) is 0 Å². The molecule has 0 radical (unpaired) electrons. The first-order valence-corrected chi connectivity index (χ1v) is 7.47. The lowest BCUT2D eigenvalue weighted by atomic mass is 9.98. The quantitative estimate of drug-likeness (QED) is 0.898. The lowest BCUT2D eigenvalue weighted by Crippen LogP contribution is -2.41. The lowest BCUT2D eigenvalue weighted by Gasteiger charge is -2.32. The van der Waals surface area contributed by atoms with Gasteiger partial charge in [0.15, 0.2) is 0 Å². The molecule has 1 aliphatic rings. The second-order valence-electron chi connectivity index (χ2n) is 5.16. The Hall–Kier alpha value is -1.26. The average Bonchev–Trinajstić information content (AvgIpc) is 2.48. The normalized spacial score (nSPS) is 18.9. The van der Waals surface area contributed by atoms with Crippen molar-refractivity contribution in [2.75, 3.05) is 31.6 Å². The molecule has 5 heteroatoms. The van der Waals surface area contributed by atoms with Crippen LogP contribution in [0.4, 0.5) is 5.69 Å². The average molecular weight is 297 g/mol. The van der Waals surface area contributed by atoms with E-state index in [1.807, 2.05) is 17.9 Å². The summed E-state index contributed by atoms with van der Waals surface area (Å²) in [5.41, 5.74) is 1.42. The Balaban J connectivity index is 2.21. The van der Waals surface area contributed by atoms with Gasteiger partial charge in [-0.05, 0) is 43.9 Å². The third kappa shape index (κ3) is 3.44. The van der Waals surface area contributed by atoms with Crippen LogP contribution in [0.15, 0.2) is 18.2 Å². The fraction of sp³-hybridized carbons (Fsp3) is 0.533. The van der Waals surface area contributed by atoms with Gasteiger partial charge in [-0.2, -0.15) is 0 Å². The third-order valence-electron chi connectivity index (χ3n) is 3.64. The van der Waals surface area contributed by atoms with Gasteiger partial charge >= 0.3 is 0 Å². The monoisotopic (exact) mass is 296 g/mol. The number of hydrogen-bond acceptors (Lipinski definition) is 3. The lowest BCUT2D eigenvalue weighted by molar-refractivity contribution is 0.0621. The first-order valence-electron chi connectivity index (χ1n) is 7.09. The van der Waals surface area contributed by atoms with Gasteiger partial charge in [-0.1, -0.05) is 11.6 Å². The number of benzene rings is 1. The van der Waals surface area contributed by atoms with Crippen molar-refractivity contribution < 1.29 is 9.90 Å². The molecule has 1 heterocycles. The highest BCUT2D eigenvalue weighted by molar-refractivity contribution is 6.31. The number of hydrogen-bond donors (Lipinski definition) is 2. The van der Waals surface area contributed by atoms with Crippen LogP contribution >= 0.6 is 11.6 Å². The van der Waals surface area contributed by atoms with E-state index in [-0.39, 0.29) is 18.4 Å². The molecule has 110 valence electrons. The van der Waals surface area contributed by atoms with E-state index < -0.39 is 0 Å². The fourth-order valence-corrected chi connectivity index (χ4v) is 2.78. The summed E-state index contributed by atoms with van der Waals surface area (Å²) < 4.78 is 0. The highest BCUT2D eigenvalue weighted by atomic mass is 35.5. The molecule has 1 atom stereocenters. The van der Waals surface area contributed by atoms with Crippen molar-refractivity contribution in [1.29, 1.82) is 0 Å². The maximum atomic E-state index is 12.7. The van der Waals surface area contributed by atoms with Crippen LogP contribution in [-0.2, 0) is 0 Å².